The minimum absolute atomic E-state index is 0.360. The second-order valence-corrected chi connectivity index (χ2v) is 12.4. The van der Waals surface area contributed by atoms with E-state index in [2.05, 4.69) is 19.2 Å². The van der Waals surface area contributed by atoms with Gasteiger partial charge in [0.05, 0.1) is 18.8 Å². The third kappa shape index (κ3) is 27.7. The summed E-state index contributed by atoms with van der Waals surface area (Å²) in [5.41, 5.74) is 0. The lowest BCUT2D eigenvalue weighted by Gasteiger charge is -2.21. The molecule has 0 aliphatic rings. The summed E-state index contributed by atoms with van der Waals surface area (Å²) in [6.45, 7) is 4.16. The second-order valence-electron chi connectivity index (χ2n) is 12.4. The Labute approximate surface area is 255 Å². The Morgan fingerprint density at radius 1 is 0.585 bits per heavy atom. The second kappa shape index (κ2) is 32.0. The van der Waals surface area contributed by atoms with E-state index < -0.39 is 24.2 Å². The van der Waals surface area contributed by atoms with E-state index in [9.17, 15) is 20.1 Å². The maximum absolute atomic E-state index is 12.3. The lowest BCUT2D eigenvalue weighted by atomic mass is 10.0. The van der Waals surface area contributed by atoms with Crippen LogP contribution in [0.4, 0.5) is 0 Å². The number of rotatable bonds is 32. The molecule has 5 heteroatoms. The zero-order valence-corrected chi connectivity index (χ0v) is 27.4. The van der Waals surface area contributed by atoms with Crippen molar-refractivity contribution in [3.05, 3.63) is 12.2 Å². The van der Waals surface area contributed by atoms with Crippen LogP contribution in [0.5, 0.6) is 0 Å². The van der Waals surface area contributed by atoms with Crippen molar-refractivity contribution in [1.82, 2.24) is 5.32 Å². The smallest absolute Gasteiger partial charge is 0.249 e. The molecular weight excluding hydrogens is 510 g/mol. The normalized spacial score (nSPS) is 14.0. The average Bonchev–Trinajstić information content (AvgIpc) is 2.98. The topological polar surface area (TPSA) is 89.8 Å². The van der Waals surface area contributed by atoms with Crippen LogP contribution in [-0.2, 0) is 4.79 Å². The van der Waals surface area contributed by atoms with Gasteiger partial charge in [0.1, 0.15) is 6.10 Å². The van der Waals surface area contributed by atoms with Crippen molar-refractivity contribution in [2.75, 3.05) is 6.61 Å². The quantitative estimate of drug-likeness (QED) is 0.0471. The molecule has 0 saturated heterocycles. The van der Waals surface area contributed by atoms with Gasteiger partial charge in [-0.2, -0.15) is 0 Å². The van der Waals surface area contributed by atoms with Gasteiger partial charge in [-0.15, -0.1) is 0 Å². The summed E-state index contributed by atoms with van der Waals surface area (Å²) in [5.74, 6) is -0.504. The van der Waals surface area contributed by atoms with Gasteiger partial charge in [-0.3, -0.25) is 4.79 Å². The highest BCUT2D eigenvalue weighted by molar-refractivity contribution is 5.80. The summed E-state index contributed by atoms with van der Waals surface area (Å²) < 4.78 is 0. The molecule has 0 heterocycles. The monoisotopic (exact) mass is 582 g/mol. The predicted molar refractivity (Wildman–Crippen MR) is 176 cm³/mol. The summed E-state index contributed by atoms with van der Waals surface area (Å²) >= 11 is 0. The zero-order chi connectivity index (χ0) is 30.2. The number of aliphatic hydroxyl groups is 3. The largest absolute Gasteiger partial charge is 0.394 e. The molecule has 0 rings (SSSR count). The Morgan fingerprint density at radius 2 is 0.951 bits per heavy atom. The van der Waals surface area contributed by atoms with Crippen LogP contribution < -0.4 is 5.32 Å². The Bertz CT molecular complexity index is 568. The molecule has 0 aliphatic heterocycles. The molecule has 5 nitrogen and oxygen atoms in total. The summed E-state index contributed by atoms with van der Waals surface area (Å²) in [4.78, 5) is 12.3. The Balaban J connectivity index is 3.74. The van der Waals surface area contributed by atoms with E-state index in [-0.39, 0.29) is 6.61 Å². The van der Waals surface area contributed by atoms with Crippen LogP contribution in [0.1, 0.15) is 187 Å². The summed E-state index contributed by atoms with van der Waals surface area (Å²) in [6, 6.07) is -0.790. The highest BCUT2D eigenvalue weighted by Crippen LogP contribution is 2.15. The van der Waals surface area contributed by atoms with Crippen LogP contribution in [-0.4, -0.2) is 46.1 Å². The molecule has 0 saturated carbocycles. The number of hydrogen-bond acceptors (Lipinski definition) is 4. The zero-order valence-electron chi connectivity index (χ0n) is 27.4. The lowest BCUT2D eigenvalue weighted by Crippen LogP contribution is -2.48. The van der Waals surface area contributed by atoms with E-state index >= 15 is 0 Å². The summed E-state index contributed by atoms with van der Waals surface area (Å²) in [7, 11) is 0. The van der Waals surface area contributed by atoms with Gasteiger partial charge in [0.25, 0.3) is 0 Å². The first-order valence-corrected chi connectivity index (χ1v) is 18.0. The fraction of sp³-hybridized carbons (Fsp3) is 0.917. The number of amides is 1. The van der Waals surface area contributed by atoms with Crippen molar-refractivity contribution in [2.24, 2.45) is 0 Å². The Hall–Kier alpha value is -0.910. The van der Waals surface area contributed by atoms with Gasteiger partial charge in [-0.25, -0.2) is 0 Å². The maximum Gasteiger partial charge on any atom is 0.249 e. The average molecular weight is 582 g/mol. The van der Waals surface area contributed by atoms with Crippen LogP contribution in [0.2, 0.25) is 0 Å². The number of unbranched alkanes of at least 4 members (excludes halogenated alkanes) is 24. The fourth-order valence-corrected chi connectivity index (χ4v) is 5.48. The first-order chi connectivity index (χ1) is 20.1. The van der Waals surface area contributed by atoms with Gasteiger partial charge in [0.15, 0.2) is 0 Å². The van der Waals surface area contributed by atoms with E-state index in [4.69, 9.17) is 0 Å². The van der Waals surface area contributed by atoms with E-state index in [1.54, 1.807) is 6.08 Å². The molecule has 4 N–H and O–H groups in total. The molecule has 0 aromatic carbocycles. The van der Waals surface area contributed by atoms with Crippen molar-refractivity contribution in [1.29, 1.82) is 0 Å². The summed E-state index contributed by atoms with van der Waals surface area (Å²) in [6.07, 6.45) is 35.1. The molecule has 0 bridgehead atoms. The van der Waals surface area contributed by atoms with Gasteiger partial charge in [-0.05, 0) is 19.3 Å². The van der Waals surface area contributed by atoms with E-state index in [0.29, 0.717) is 6.42 Å². The number of carbonyl (C=O) groups is 1. The van der Waals surface area contributed by atoms with E-state index in [1.807, 2.05) is 6.08 Å². The Morgan fingerprint density at radius 3 is 1.34 bits per heavy atom. The minimum atomic E-state index is -1.09. The number of carbonyl (C=O) groups excluding carboxylic acids is 1. The molecule has 0 aromatic rings. The van der Waals surface area contributed by atoms with Crippen LogP contribution in [0.25, 0.3) is 0 Å². The minimum Gasteiger partial charge on any atom is -0.394 e. The van der Waals surface area contributed by atoms with Crippen molar-refractivity contribution in [3.63, 3.8) is 0 Å². The third-order valence-electron chi connectivity index (χ3n) is 8.38. The predicted octanol–water partition coefficient (Wildman–Crippen LogP) is 9.31. The van der Waals surface area contributed by atoms with Crippen molar-refractivity contribution >= 4 is 5.91 Å². The molecule has 244 valence electrons. The van der Waals surface area contributed by atoms with E-state index in [0.717, 1.165) is 32.1 Å². The first kappa shape index (κ1) is 40.1. The maximum atomic E-state index is 12.3. The number of allylic oxidation sites excluding steroid dienone is 1. The van der Waals surface area contributed by atoms with Crippen LogP contribution >= 0.6 is 0 Å². The van der Waals surface area contributed by atoms with Gasteiger partial charge in [0, 0.05) is 0 Å². The Kier molecular flexibility index (Phi) is 31.3. The third-order valence-corrected chi connectivity index (χ3v) is 8.38. The number of aliphatic hydroxyl groups excluding tert-OH is 3. The van der Waals surface area contributed by atoms with Crippen LogP contribution in [0, 0.1) is 0 Å². The SMILES string of the molecule is CCCCCCCCCCCCCCCC/C=C/C(O)C(CO)NC(=O)C(O)CCCCCCCCCCCCC. The van der Waals surface area contributed by atoms with Gasteiger partial charge in [-0.1, -0.05) is 180 Å². The van der Waals surface area contributed by atoms with Gasteiger partial charge < -0.3 is 20.6 Å². The molecule has 1 amide bonds. The number of nitrogens with one attached hydrogen (secondary N) is 1. The molecule has 0 aliphatic carbocycles. The lowest BCUT2D eigenvalue weighted by molar-refractivity contribution is -0.131. The molecule has 0 fully saturated rings. The fourth-order valence-electron chi connectivity index (χ4n) is 5.48. The molecule has 0 aromatic heterocycles. The van der Waals surface area contributed by atoms with Gasteiger partial charge >= 0.3 is 0 Å². The molecule has 3 unspecified atom stereocenters. The highest BCUT2D eigenvalue weighted by Gasteiger charge is 2.22. The molecule has 0 spiro atoms. The van der Waals surface area contributed by atoms with E-state index in [1.165, 1.54) is 135 Å². The van der Waals surface area contributed by atoms with Crippen LogP contribution in [0.3, 0.4) is 0 Å². The number of hydrogen-bond donors (Lipinski definition) is 4. The standard InChI is InChI=1S/C36H71NO4/c1-3-5-7-9-11-13-15-16-17-18-19-21-22-24-26-28-30-34(39)33(32-38)37-36(41)35(40)31-29-27-25-23-20-14-12-10-8-6-4-2/h28,30,33-35,38-40H,3-27,29,31-32H2,1-2H3,(H,37,41)/b30-28+. The molecule has 41 heavy (non-hydrogen) atoms. The molecule has 0 radical (unpaired) electrons. The van der Waals surface area contributed by atoms with Crippen molar-refractivity contribution in [3.8, 4) is 0 Å². The molecule has 3 atom stereocenters. The van der Waals surface area contributed by atoms with Crippen molar-refractivity contribution < 1.29 is 20.1 Å². The first-order valence-electron chi connectivity index (χ1n) is 18.0. The van der Waals surface area contributed by atoms with Gasteiger partial charge in [0.2, 0.25) is 5.91 Å². The summed E-state index contributed by atoms with van der Waals surface area (Å²) in [5, 5.41) is 32.9. The molecular formula is C36H71NO4. The van der Waals surface area contributed by atoms with Crippen LogP contribution in [0.15, 0.2) is 12.2 Å². The van der Waals surface area contributed by atoms with Crippen molar-refractivity contribution in [2.45, 2.75) is 205 Å². The highest BCUT2D eigenvalue weighted by atomic mass is 16.3.